The van der Waals surface area contributed by atoms with Crippen LogP contribution in [-0.2, 0) is 6.54 Å². The minimum atomic E-state index is 0.152. The van der Waals surface area contributed by atoms with Gasteiger partial charge in [-0.3, -0.25) is 14.9 Å². The molecule has 0 aliphatic carbocycles. The van der Waals surface area contributed by atoms with Crippen LogP contribution in [0.25, 0.3) is 11.3 Å². The Morgan fingerprint density at radius 2 is 1.81 bits per heavy atom. The molecule has 1 N–H and O–H groups in total. The minimum Gasteiger partial charge on any atom is -0.340 e. The molecule has 160 valence electrons. The smallest absolute Gasteiger partial charge is 0.148 e. The van der Waals surface area contributed by atoms with Crippen LogP contribution in [0.3, 0.4) is 0 Å². The third kappa shape index (κ3) is 4.81. The highest BCUT2D eigenvalue weighted by Crippen LogP contribution is 2.32. The van der Waals surface area contributed by atoms with Gasteiger partial charge in [-0.2, -0.15) is 0 Å². The molecule has 32 heavy (non-hydrogen) atoms. The molecule has 1 atom stereocenters. The number of pyridine rings is 2. The van der Waals surface area contributed by atoms with E-state index < -0.39 is 0 Å². The van der Waals surface area contributed by atoms with Crippen molar-refractivity contribution in [3.63, 3.8) is 0 Å². The zero-order chi connectivity index (χ0) is 21.6. The number of aromatic nitrogens is 4. The first-order chi connectivity index (χ1) is 15.8. The molecule has 4 heterocycles. The fourth-order valence-corrected chi connectivity index (χ4v) is 4.18. The van der Waals surface area contributed by atoms with Crippen molar-refractivity contribution < 1.29 is 0 Å². The summed E-state index contributed by atoms with van der Waals surface area (Å²) in [6, 6.07) is 22.3. The van der Waals surface area contributed by atoms with Gasteiger partial charge in [-0.05, 0) is 55.8 Å². The Hall–Kier alpha value is -3.64. The van der Waals surface area contributed by atoms with Crippen molar-refractivity contribution in [3.8, 4) is 11.3 Å². The second-order valence-electron chi connectivity index (χ2n) is 8.03. The van der Waals surface area contributed by atoms with Gasteiger partial charge in [-0.25, -0.2) is 9.97 Å². The van der Waals surface area contributed by atoms with Crippen molar-refractivity contribution in [2.75, 3.05) is 11.9 Å². The molecule has 0 saturated carbocycles. The Kier molecular flexibility index (Phi) is 6.12. The van der Waals surface area contributed by atoms with Gasteiger partial charge in [-0.15, -0.1) is 0 Å². The maximum Gasteiger partial charge on any atom is 0.148 e. The Labute approximate surface area is 188 Å². The number of hydrogen-bond acceptors (Lipinski definition) is 6. The normalized spacial score (nSPS) is 16.6. The Balaban J connectivity index is 1.51. The molecule has 1 aromatic carbocycles. The Bertz CT molecular complexity index is 1130. The van der Waals surface area contributed by atoms with E-state index in [1.54, 1.807) is 6.20 Å². The second kappa shape index (κ2) is 9.66. The fraction of sp³-hybridized carbons (Fsp3) is 0.231. The van der Waals surface area contributed by atoms with E-state index in [1.807, 2.05) is 73.1 Å². The molecule has 6 heteroatoms. The van der Waals surface area contributed by atoms with Crippen molar-refractivity contribution in [2.45, 2.75) is 31.8 Å². The van der Waals surface area contributed by atoms with E-state index in [0.29, 0.717) is 0 Å². The lowest BCUT2D eigenvalue weighted by Gasteiger charge is -2.34. The van der Waals surface area contributed by atoms with E-state index >= 15 is 0 Å². The summed E-state index contributed by atoms with van der Waals surface area (Å²) in [5, 5.41) is 3.46. The first-order valence-electron chi connectivity index (χ1n) is 11.1. The van der Waals surface area contributed by atoms with Crippen molar-refractivity contribution in [1.29, 1.82) is 0 Å². The zero-order valence-corrected chi connectivity index (χ0v) is 17.9. The van der Waals surface area contributed by atoms with Gasteiger partial charge in [0, 0.05) is 42.5 Å². The molecule has 1 saturated heterocycles. The first kappa shape index (κ1) is 20.3. The zero-order valence-electron chi connectivity index (χ0n) is 17.9. The third-order valence-corrected chi connectivity index (χ3v) is 5.75. The molecule has 5 rings (SSSR count). The molecule has 1 aliphatic heterocycles. The van der Waals surface area contributed by atoms with E-state index in [4.69, 9.17) is 9.97 Å². The van der Waals surface area contributed by atoms with Crippen LogP contribution in [0.1, 0.15) is 36.8 Å². The van der Waals surface area contributed by atoms with Crippen molar-refractivity contribution in [3.05, 3.63) is 96.8 Å². The number of nitrogens with one attached hydrogen (secondary N) is 1. The highest BCUT2D eigenvalue weighted by Gasteiger charge is 2.27. The van der Waals surface area contributed by atoms with E-state index in [-0.39, 0.29) is 6.04 Å². The van der Waals surface area contributed by atoms with Crippen LogP contribution in [0, 0.1) is 0 Å². The van der Waals surface area contributed by atoms with E-state index in [9.17, 15) is 0 Å². The summed E-state index contributed by atoms with van der Waals surface area (Å²) in [5.41, 5.74) is 3.94. The number of rotatable bonds is 6. The highest BCUT2D eigenvalue weighted by atomic mass is 15.2. The SMILES string of the molecule is c1ccc(Nc2cc(-c3cccnc3)nc(C3CCCCN3Cc3ccccn3)n2)cc1. The lowest BCUT2D eigenvalue weighted by Crippen LogP contribution is -2.34. The summed E-state index contributed by atoms with van der Waals surface area (Å²) in [6.45, 7) is 1.82. The van der Waals surface area contributed by atoms with E-state index in [0.717, 1.165) is 53.8 Å². The van der Waals surface area contributed by atoms with Gasteiger partial charge < -0.3 is 5.32 Å². The van der Waals surface area contributed by atoms with Gasteiger partial charge >= 0.3 is 0 Å². The third-order valence-electron chi connectivity index (χ3n) is 5.75. The molecule has 0 bridgehead atoms. The van der Waals surface area contributed by atoms with Crippen LogP contribution < -0.4 is 5.32 Å². The van der Waals surface area contributed by atoms with Crippen LogP contribution in [-0.4, -0.2) is 31.4 Å². The van der Waals surface area contributed by atoms with Crippen LogP contribution in [0.4, 0.5) is 11.5 Å². The number of hydrogen-bond donors (Lipinski definition) is 1. The van der Waals surface area contributed by atoms with Gasteiger partial charge in [0.2, 0.25) is 0 Å². The number of benzene rings is 1. The predicted octanol–water partition coefficient (Wildman–Crippen LogP) is 5.40. The molecule has 1 aliphatic rings. The predicted molar refractivity (Wildman–Crippen MR) is 126 cm³/mol. The van der Waals surface area contributed by atoms with Crippen LogP contribution >= 0.6 is 0 Å². The number of piperidine rings is 1. The maximum absolute atomic E-state index is 5.01. The molecule has 1 fully saturated rings. The number of nitrogens with zero attached hydrogens (tertiary/aromatic N) is 5. The topological polar surface area (TPSA) is 66.8 Å². The quantitative estimate of drug-likeness (QED) is 0.448. The Morgan fingerprint density at radius 3 is 2.62 bits per heavy atom. The van der Waals surface area contributed by atoms with Gasteiger partial charge in [0.1, 0.15) is 11.6 Å². The van der Waals surface area contributed by atoms with E-state index in [1.165, 1.54) is 12.8 Å². The van der Waals surface area contributed by atoms with Gasteiger partial charge in [-0.1, -0.05) is 30.7 Å². The lowest BCUT2D eigenvalue weighted by atomic mass is 10.0. The average Bonchev–Trinajstić information content (AvgIpc) is 2.86. The minimum absolute atomic E-state index is 0.152. The fourth-order valence-electron chi connectivity index (χ4n) is 4.18. The van der Waals surface area contributed by atoms with Crippen molar-refractivity contribution in [1.82, 2.24) is 24.8 Å². The van der Waals surface area contributed by atoms with Crippen LogP contribution in [0.15, 0.2) is 85.3 Å². The molecule has 6 nitrogen and oxygen atoms in total. The van der Waals surface area contributed by atoms with Crippen molar-refractivity contribution >= 4 is 11.5 Å². The van der Waals surface area contributed by atoms with Crippen LogP contribution in [0.2, 0.25) is 0 Å². The second-order valence-corrected chi connectivity index (χ2v) is 8.03. The summed E-state index contributed by atoms with van der Waals surface area (Å²) >= 11 is 0. The summed E-state index contributed by atoms with van der Waals surface area (Å²) in [7, 11) is 0. The van der Waals surface area contributed by atoms with Crippen molar-refractivity contribution in [2.24, 2.45) is 0 Å². The molecule has 4 aromatic rings. The number of anilines is 2. The summed E-state index contributed by atoms with van der Waals surface area (Å²) in [4.78, 5) is 21.3. The highest BCUT2D eigenvalue weighted by molar-refractivity contribution is 5.65. The molecule has 3 aromatic heterocycles. The molecule has 0 radical (unpaired) electrons. The molecule has 0 amide bonds. The van der Waals surface area contributed by atoms with Gasteiger partial charge in [0.15, 0.2) is 0 Å². The lowest BCUT2D eigenvalue weighted by molar-refractivity contribution is 0.132. The molecule has 1 unspecified atom stereocenters. The summed E-state index contributed by atoms with van der Waals surface area (Å²) in [6.07, 6.45) is 8.88. The van der Waals surface area contributed by atoms with Gasteiger partial charge in [0.05, 0.1) is 17.4 Å². The number of likely N-dealkylation sites (tertiary alicyclic amines) is 1. The summed E-state index contributed by atoms with van der Waals surface area (Å²) < 4.78 is 0. The largest absolute Gasteiger partial charge is 0.340 e. The Morgan fingerprint density at radius 1 is 0.906 bits per heavy atom. The molecule has 0 spiro atoms. The van der Waals surface area contributed by atoms with Gasteiger partial charge in [0.25, 0.3) is 0 Å². The molecular formula is C26H26N6. The average molecular weight is 423 g/mol. The van der Waals surface area contributed by atoms with E-state index in [2.05, 4.69) is 26.3 Å². The number of para-hydroxylation sites is 1. The first-order valence-corrected chi connectivity index (χ1v) is 11.1. The standard InChI is InChI=1S/C26H26N6/c1-2-10-21(11-3-1)29-25-17-23(20-9-8-14-27-18-20)30-26(31-25)24-13-5-7-16-32(24)19-22-12-4-6-15-28-22/h1-4,6,8-12,14-15,17-18,24H,5,7,13,16,19H2,(H,29,30,31). The monoisotopic (exact) mass is 422 g/mol. The summed E-state index contributed by atoms with van der Waals surface area (Å²) in [5.74, 6) is 1.64. The maximum atomic E-state index is 5.01. The molecular weight excluding hydrogens is 396 g/mol. The van der Waals surface area contributed by atoms with Crippen LogP contribution in [0.5, 0.6) is 0 Å².